The van der Waals surface area contributed by atoms with Gasteiger partial charge in [0.2, 0.25) is 0 Å². The van der Waals surface area contributed by atoms with Gasteiger partial charge in [-0.25, -0.2) is 0 Å². The minimum absolute atomic E-state index is 0.136. The zero-order chi connectivity index (χ0) is 15.3. The molecule has 1 saturated carbocycles. The molecule has 1 aliphatic rings. The molecule has 1 unspecified atom stereocenters. The van der Waals surface area contributed by atoms with Crippen molar-refractivity contribution in [3.8, 4) is 0 Å². The molecule has 118 valence electrons. The van der Waals surface area contributed by atoms with Crippen molar-refractivity contribution in [2.45, 2.75) is 66.3 Å². The van der Waals surface area contributed by atoms with Gasteiger partial charge in [-0.15, -0.1) is 0 Å². The quantitative estimate of drug-likeness (QED) is 0.783. The van der Waals surface area contributed by atoms with Crippen LogP contribution in [0.3, 0.4) is 0 Å². The van der Waals surface area contributed by atoms with Gasteiger partial charge >= 0.3 is 5.97 Å². The van der Waals surface area contributed by atoms with Gasteiger partial charge in [0.1, 0.15) is 6.04 Å². The average molecular weight is 283 g/mol. The van der Waals surface area contributed by atoms with Crippen LogP contribution in [0.15, 0.2) is 0 Å². The number of ether oxygens (including phenoxy) is 1. The molecule has 0 heterocycles. The van der Waals surface area contributed by atoms with E-state index in [1.165, 1.54) is 32.8 Å². The van der Waals surface area contributed by atoms with Crippen LogP contribution in [0.4, 0.5) is 0 Å². The van der Waals surface area contributed by atoms with Crippen molar-refractivity contribution in [1.29, 1.82) is 0 Å². The van der Waals surface area contributed by atoms with Crippen molar-refractivity contribution in [3.63, 3.8) is 0 Å². The Labute approximate surface area is 124 Å². The predicted octanol–water partition coefficient (Wildman–Crippen LogP) is 3.63. The number of hydrogen-bond donors (Lipinski definition) is 1. The molecule has 0 amide bonds. The number of carbonyl (C=O) groups is 1. The van der Waals surface area contributed by atoms with Crippen molar-refractivity contribution in [2.24, 2.45) is 23.2 Å². The summed E-state index contributed by atoms with van der Waals surface area (Å²) in [6.07, 6.45) is 5.20. The van der Waals surface area contributed by atoms with E-state index in [2.05, 4.69) is 39.9 Å². The van der Waals surface area contributed by atoms with Gasteiger partial charge in [0.15, 0.2) is 0 Å². The van der Waals surface area contributed by atoms with E-state index in [4.69, 9.17) is 4.74 Å². The van der Waals surface area contributed by atoms with Crippen LogP contribution in [0.5, 0.6) is 0 Å². The molecule has 20 heavy (non-hydrogen) atoms. The van der Waals surface area contributed by atoms with Gasteiger partial charge in [-0.2, -0.15) is 0 Å². The largest absolute Gasteiger partial charge is 0.468 e. The van der Waals surface area contributed by atoms with E-state index in [-0.39, 0.29) is 17.9 Å². The molecule has 1 fully saturated rings. The van der Waals surface area contributed by atoms with Crippen molar-refractivity contribution < 1.29 is 9.53 Å². The lowest BCUT2D eigenvalue weighted by molar-refractivity contribution is -0.144. The number of hydrogen-bond acceptors (Lipinski definition) is 3. The SMILES string of the molecule is COC(=O)C(NCC1CCC(C(C)(C)C)CC1)C(C)C. The van der Waals surface area contributed by atoms with E-state index in [1.807, 2.05) is 0 Å². The third-order valence-corrected chi connectivity index (χ3v) is 4.82. The molecule has 0 aromatic rings. The van der Waals surface area contributed by atoms with Crippen molar-refractivity contribution in [1.82, 2.24) is 5.32 Å². The third-order valence-electron chi connectivity index (χ3n) is 4.82. The van der Waals surface area contributed by atoms with Gasteiger partial charge in [-0.1, -0.05) is 34.6 Å². The van der Waals surface area contributed by atoms with Crippen molar-refractivity contribution in [3.05, 3.63) is 0 Å². The Bertz CT molecular complexity index is 299. The Morgan fingerprint density at radius 3 is 2.15 bits per heavy atom. The van der Waals surface area contributed by atoms with Crippen LogP contribution in [0.25, 0.3) is 0 Å². The van der Waals surface area contributed by atoms with E-state index in [0.717, 1.165) is 12.5 Å². The molecule has 3 heteroatoms. The Morgan fingerprint density at radius 2 is 1.75 bits per heavy atom. The van der Waals surface area contributed by atoms with Gasteiger partial charge in [0.05, 0.1) is 7.11 Å². The number of methoxy groups -OCH3 is 1. The zero-order valence-corrected chi connectivity index (χ0v) is 14.2. The highest BCUT2D eigenvalue weighted by atomic mass is 16.5. The fourth-order valence-corrected chi connectivity index (χ4v) is 3.24. The summed E-state index contributed by atoms with van der Waals surface area (Å²) in [4.78, 5) is 11.7. The van der Waals surface area contributed by atoms with Crippen molar-refractivity contribution in [2.75, 3.05) is 13.7 Å². The normalized spacial score (nSPS) is 25.6. The third kappa shape index (κ3) is 5.08. The van der Waals surface area contributed by atoms with Crippen LogP contribution >= 0.6 is 0 Å². The average Bonchev–Trinajstić information content (AvgIpc) is 2.37. The zero-order valence-electron chi connectivity index (χ0n) is 14.2. The molecule has 0 radical (unpaired) electrons. The van der Waals surface area contributed by atoms with Crippen LogP contribution in [0, 0.1) is 23.2 Å². The summed E-state index contributed by atoms with van der Waals surface area (Å²) in [5.74, 6) is 1.69. The smallest absolute Gasteiger partial charge is 0.323 e. The van der Waals surface area contributed by atoms with Gasteiger partial charge < -0.3 is 10.1 Å². The minimum Gasteiger partial charge on any atom is -0.468 e. The van der Waals surface area contributed by atoms with E-state index in [1.54, 1.807) is 0 Å². The first-order valence-electron chi connectivity index (χ1n) is 8.07. The fourth-order valence-electron chi connectivity index (χ4n) is 3.24. The number of nitrogens with one attached hydrogen (secondary N) is 1. The highest BCUT2D eigenvalue weighted by Crippen LogP contribution is 2.39. The molecule has 0 aromatic carbocycles. The van der Waals surface area contributed by atoms with Crippen LogP contribution in [-0.2, 0) is 9.53 Å². The summed E-state index contributed by atoms with van der Waals surface area (Å²) in [5, 5.41) is 3.42. The summed E-state index contributed by atoms with van der Waals surface area (Å²) in [6, 6.07) is -0.166. The van der Waals surface area contributed by atoms with E-state index >= 15 is 0 Å². The molecule has 1 rings (SSSR count). The Kier molecular flexibility index (Phi) is 6.50. The molecule has 1 aliphatic carbocycles. The van der Waals surface area contributed by atoms with E-state index < -0.39 is 0 Å². The second kappa shape index (κ2) is 7.44. The molecule has 0 spiro atoms. The first-order valence-corrected chi connectivity index (χ1v) is 8.07. The molecule has 0 saturated heterocycles. The minimum atomic E-state index is -0.166. The summed E-state index contributed by atoms with van der Waals surface area (Å²) in [6.45, 7) is 12.1. The molecule has 1 N–H and O–H groups in total. The van der Waals surface area contributed by atoms with E-state index in [0.29, 0.717) is 11.3 Å². The van der Waals surface area contributed by atoms with Crippen LogP contribution in [0.1, 0.15) is 60.3 Å². The lowest BCUT2D eigenvalue weighted by Gasteiger charge is -2.37. The van der Waals surface area contributed by atoms with Crippen LogP contribution in [-0.4, -0.2) is 25.7 Å². The molecule has 0 aliphatic heterocycles. The van der Waals surface area contributed by atoms with Crippen molar-refractivity contribution >= 4 is 5.97 Å². The second-order valence-corrected chi connectivity index (χ2v) is 7.74. The topological polar surface area (TPSA) is 38.3 Å². The van der Waals surface area contributed by atoms with Gasteiger partial charge in [-0.3, -0.25) is 4.79 Å². The van der Waals surface area contributed by atoms with Gasteiger partial charge in [0, 0.05) is 0 Å². The van der Waals surface area contributed by atoms with Crippen LogP contribution < -0.4 is 5.32 Å². The lowest BCUT2D eigenvalue weighted by atomic mass is 9.70. The maximum atomic E-state index is 11.7. The molecular weight excluding hydrogens is 250 g/mol. The monoisotopic (exact) mass is 283 g/mol. The highest BCUT2D eigenvalue weighted by molar-refractivity contribution is 5.75. The lowest BCUT2D eigenvalue weighted by Crippen LogP contribution is -2.44. The van der Waals surface area contributed by atoms with E-state index in [9.17, 15) is 4.79 Å². The summed E-state index contributed by atoms with van der Waals surface area (Å²) in [7, 11) is 1.47. The molecule has 0 aromatic heterocycles. The number of rotatable bonds is 5. The number of carbonyl (C=O) groups excluding carboxylic acids is 1. The summed E-state index contributed by atoms with van der Waals surface area (Å²) < 4.78 is 4.87. The molecular formula is C17H33NO2. The Hall–Kier alpha value is -0.570. The molecule has 3 nitrogen and oxygen atoms in total. The Morgan fingerprint density at radius 1 is 1.20 bits per heavy atom. The summed E-state index contributed by atoms with van der Waals surface area (Å²) in [5.41, 5.74) is 0.435. The maximum absolute atomic E-state index is 11.7. The van der Waals surface area contributed by atoms with Gasteiger partial charge in [0.25, 0.3) is 0 Å². The highest BCUT2D eigenvalue weighted by Gasteiger charge is 2.30. The summed E-state index contributed by atoms with van der Waals surface area (Å²) >= 11 is 0. The predicted molar refractivity (Wildman–Crippen MR) is 83.5 cm³/mol. The fraction of sp³-hybridized carbons (Fsp3) is 0.941. The van der Waals surface area contributed by atoms with Gasteiger partial charge in [-0.05, 0) is 55.4 Å². The number of esters is 1. The molecule has 0 bridgehead atoms. The maximum Gasteiger partial charge on any atom is 0.323 e. The Balaban J connectivity index is 2.38. The first-order chi connectivity index (χ1) is 9.25. The second-order valence-electron chi connectivity index (χ2n) is 7.74. The molecule has 1 atom stereocenters. The standard InChI is InChI=1S/C17H33NO2/c1-12(2)15(16(19)20-6)18-11-13-7-9-14(10-8-13)17(3,4)5/h12-15,18H,7-11H2,1-6H3. The van der Waals surface area contributed by atoms with Crippen LogP contribution in [0.2, 0.25) is 0 Å². The first kappa shape index (κ1) is 17.5.